The maximum absolute atomic E-state index is 10.2. The second-order valence-electron chi connectivity index (χ2n) is 5.03. The van der Waals surface area contributed by atoms with E-state index in [-0.39, 0.29) is 5.41 Å². The average Bonchev–Trinajstić information content (AvgIpc) is 2.78. The van der Waals surface area contributed by atoms with Crippen molar-refractivity contribution in [2.45, 2.75) is 32.3 Å². The van der Waals surface area contributed by atoms with Gasteiger partial charge in [-0.2, -0.15) is 0 Å². The summed E-state index contributed by atoms with van der Waals surface area (Å²) in [5.74, 6) is 0. The minimum absolute atomic E-state index is 0.121. The highest BCUT2D eigenvalue weighted by molar-refractivity contribution is 7.12. The van der Waals surface area contributed by atoms with Gasteiger partial charge in [-0.3, -0.25) is 0 Å². The zero-order valence-electron chi connectivity index (χ0n) is 10.2. The Hall–Kier alpha value is -1.26. The number of aliphatic hydroxyl groups is 1. The predicted octanol–water partition coefficient (Wildman–Crippen LogP) is 2.92. The molecule has 4 heteroatoms. The number of hydrogen-bond donors (Lipinski definition) is 1. The maximum atomic E-state index is 10.2. The van der Waals surface area contributed by atoms with E-state index in [2.05, 4.69) is 36.8 Å². The lowest BCUT2D eigenvalue weighted by Gasteiger charge is -2.15. The normalized spacial score (nSPS) is 13.6. The van der Waals surface area contributed by atoms with Crippen LogP contribution < -0.4 is 0 Å². The van der Waals surface area contributed by atoms with Gasteiger partial charge in [0, 0.05) is 27.7 Å². The molecule has 2 heterocycles. The third-order valence-corrected chi connectivity index (χ3v) is 4.10. The summed E-state index contributed by atoms with van der Waals surface area (Å²) >= 11 is 1.64. The first-order chi connectivity index (χ1) is 7.98. The van der Waals surface area contributed by atoms with E-state index in [4.69, 9.17) is 0 Å². The molecule has 0 fully saturated rings. The summed E-state index contributed by atoms with van der Waals surface area (Å²) in [6.07, 6.45) is 4.13. The Bertz CT molecular complexity index is 488. The van der Waals surface area contributed by atoms with Crippen molar-refractivity contribution in [2.24, 2.45) is 0 Å². The first-order valence-electron chi connectivity index (χ1n) is 5.51. The Morgan fingerprint density at radius 1 is 1.18 bits per heavy atom. The Morgan fingerprint density at radius 3 is 2.35 bits per heavy atom. The van der Waals surface area contributed by atoms with E-state index in [0.717, 1.165) is 10.4 Å². The summed E-state index contributed by atoms with van der Waals surface area (Å²) in [7, 11) is 0. The van der Waals surface area contributed by atoms with Gasteiger partial charge in [0.15, 0.2) is 0 Å². The van der Waals surface area contributed by atoms with Crippen LogP contribution in [0, 0.1) is 0 Å². The van der Waals surface area contributed by atoms with Crippen molar-refractivity contribution in [1.82, 2.24) is 9.97 Å². The minimum Gasteiger partial charge on any atom is -0.383 e. The lowest BCUT2D eigenvalue weighted by atomic mass is 9.95. The number of rotatable bonds is 2. The second-order valence-corrected chi connectivity index (χ2v) is 6.14. The summed E-state index contributed by atoms with van der Waals surface area (Å²) in [6.45, 7) is 6.50. The van der Waals surface area contributed by atoms with Crippen LogP contribution in [0.25, 0.3) is 0 Å². The van der Waals surface area contributed by atoms with Crippen LogP contribution in [0.5, 0.6) is 0 Å². The number of thiophene rings is 1. The van der Waals surface area contributed by atoms with Crippen LogP contribution in [0.3, 0.4) is 0 Å². The molecule has 2 aromatic heterocycles. The lowest BCUT2D eigenvalue weighted by Crippen LogP contribution is -2.07. The fourth-order valence-electron chi connectivity index (χ4n) is 1.52. The number of aromatic nitrogens is 2. The van der Waals surface area contributed by atoms with Crippen molar-refractivity contribution < 1.29 is 5.11 Å². The van der Waals surface area contributed by atoms with E-state index >= 15 is 0 Å². The first kappa shape index (κ1) is 12.2. The van der Waals surface area contributed by atoms with Gasteiger partial charge in [0.05, 0.1) is 0 Å². The molecule has 0 radical (unpaired) electrons. The minimum atomic E-state index is -0.628. The lowest BCUT2D eigenvalue weighted by molar-refractivity contribution is 0.223. The first-order valence-corrected chi connectivity index (χ1v) is 6.33. The molecule has 0 bridgehead atoms. The van der Waals surface area contributed by atoms with Crippen LogP contribution >= 0.6 is 11.3 Å². The van der Waals surface area contributed by atoms with Gasteiger partial charge in [-0.25, -0.2) is 9.97 Å². The summed E-state index contributed by atoms with van der Waals surface area (Å²) in [5, 5.41) is 10.2. The molecular weight excluding hydrogens is 232 g/mol. The molecule has 0 saturated heterocycles. The van der Waals surface area contributed by atoms with Crippen molar-refractivity contribution in [1.29, 1.82) is 0 Å². The van der Waals surface area contributed by atoms with Crippen molar-refractivity contribution in [3.05, 3.63) is 46.2 Å². The summed E-state index contributed by atoms with van der Waals surface area (Å²) in [5.41, 5.74) is 0.852. The molecule has 0 spiro atoms. The van der Waals surface area contributed by atoms with Gasteiger partial charge in [0.2, 0.25) is 0 Å². The standard InChI is InChI=1S/C13H16N2OS/c1-13(2,3)11-5-4-10(17-11)12(16)9-6-14-8-15-7-9/h4-8,12,16H,1-3H3. The summed E-state index contributed by atoms with van der Waals surface area (Å²) < 4.78 is 0. The van der Waals surface area contributed by atoms with Gasteiger partial charge in [0.25, 0.3) is 0 Å². The largest absolute Gasteiger partial charge is 0.383 e. The van der Waals surface area contributed by atoms with Gasteiger partial charge in [0.1, 0.15) is 12.4 Å². The van der Waals surface area contributed by atoms with E-state index in [1.54, 1.807) is 23.7 Å². The highest BCUT2D eigenvalue weighted by Gasteiger charge is 2.19. The SMILES string of the molecule is CC(C)(C)c1ccc(C(O)c2cncnc2)s1. The van der Waals surface area contributed by atoms with E-state index in [1.165, 1.54) is 11.2 Å². The molecule has 2 aromatic rings. The molecule has 0 saturated carbocycles. The molecule has 3 nitrogen and oxygen atoms in total. The van der Waals surface area contributed by atoms with Gasteiger partial charge < -0.3 is 5.11 Å². The number of hydrogen-bond acceptors (Lipinski definition) is 4. The van der Waals surface area contributed by atoms with Crippen molar-refractivity contribution in [3.63, 3.8) is 0 Å². The van der Waals surface area contributed by atoms with Gasteiger partial charge in [-0.05, 0) is 17.5 Å². The fraction of sp³-hybridized carbons (Fsp3) is 0.385. The zero-order chi connectivity index (χ0) is 12.5. The van der Waals surface area contributed by atoms with Crippen LogP contribution in [0.1, 0.15) is 42.2 Å². The van der Waals surface area contributed by atoms with Crippen molar-refractivity contribution >= 4 is 11.3 Å². The molecule has 0 amide bonds. The molecule has 0 aliphatic carbocycles. The third-order valence-electron chi connectivity index (χ3n) is 2.53. The average molecular weight is 248 g/mol. The van der Waals surface area contributed by atoms with Gasteiger partial charge in [-0.1, -0.05) is 20.8 Å². The van der Waals surface area contributed by atoms with E-state index in [9.17, 15) is 5.11 Å². The van der Waals surface area contributed by atoms with Crippen LogP contribution in [-0.4, -0.2) is 15.1 Å². The van der Waals surface area contributed by atoms with Crippen LogP contribution in [0.15, 0.2) is 30.9 Å². The molecule has 90 valence electrons. The van der Waals surface area contributed by atoms with Crippen LogP contribution in [-0.2, 0) is 5.41 Å². The number of nitrogens with zero attached hydrogens (tertiary/aromatic N) is 2. The smallest absolute Gasteiger partial charge is 0.116 e. The summed E-state index contributed by atoms with van der Waals surface area (Å²) in [6, 6.07) is 4.05. The molecule has 0 aromatic carbocycles. The zero-order valence-corrected chi connectivity index (χ0v) is 11.0. The van der Waals surface area contributed by atoms with Crippen molar-refractivity contribution in [2.75, 3.05) is 0 Å². The molecule has 1 atom stereocenters. The highest BCUT2D eigenvalue weighted by Crippen LogP contribution is 2.34. The van der Waals surface area contributed by atoms with Crippen LogP contribution in [0.4, 0.5) is 0 Å². The molecule has 1 N–H and O–H groups in total. The molecule has 0 aliphatic heterocycles. The monoisotopic (exact) mass is 248 g/mol. The molecule has 2 rings (SSSR count). The quantitative estimate of drug-likeness (QED) is 0.888. The van der Waals surface area contributed by atoms with Gasteiger partial charge in [-0.15, -0.1) is 11.3 Å². The topological polar surface area (TPSA) is 46.0 Å². The maximum Gasteiger partial charge on any atom is 0.116 e. The third kappa shape index (κ3) is 2.70. The Kier molecular flexibility index (Phi) is 3.26. The Balaban J connectivity index is 2.27. The Morgan fingerprint density at radius 2 is 1.82 bits per heavy atom. The predicted molar refractivity (Wildman–Crippen MR) is 69.1 cm³/mol. The van der Waals surface area contributed by atoms with E-state index < -0.39 is 6.10 Å². The highest BCUT2D eigenvalue weighted by atomic mass is 32.1. The molecule has 0 aliphatic rings. The number of aliphatic hydroxyl groups excluding tert-OH is 1. The van der Waals surface area contributed by atoms with Crippen LogP contribution in [0.2, 0.25) is 0 Å². The molecule has 1 unspecified atom stereocenters. The van der Waals surface area contributed by atoms with E-state index in [1.807, 2.05) is 6.07 Å². The van der Waals surface area contributed by atoms with E-state index in [0.29, 0.717) is 0 Å². The van der Waals surface area contributed by atoms with Gasteiger partial charge >= 0.3 is 0 Å². The Labute approximate surface area is 105 Å². The molecular formula is C13H16N2OS. The summed E-state index contributed by atoms with van der Waals surface area (Å²) in [4.78, 5) is 10.0. The fourth-order valence-corrected chi connectivity index (χ4v) is 2.60. The molecule has 17 heavy (non-hydrogen) atoms. The second kappa shape index (κ2) is 4.55. The van der Waals surface area contributed by atoms with Crippen molar-refractivity contribution in [3.8, 4) is 0 Å².